The number of benzene rings is 2. The number of amides is 2. The van der Waals surface area contributed by atoms with Crippen LogP contribution in [-0.2, 0) is 12.8 Å². The maximum absolute atomic E-state index is 13.7. The second-order valence-electron chi connectivity index (χ2n) is 9.16. The summed E-state index contributed by atoms with van der Waals surface area (Å²) in [5.41, 5.74) is 6.65. The molecule has 0 bridgehead atoms. The van der Waals surface area contributed by atoms with Gasteiger partial charge in [-0.1, -0.05) is 53.6 Å². The van der Waals surface area contributed by atoms with Gasteiger partial charge in [0.15, 0.2) is 5.76 Å². The van der Waals surface area contributed by atoms with E-state index >= 15 is 0 Å². The summed E-state index contributed by atoms with van der Waals surface area (Å²) in [6.45, 7) is 3.65. The molecule has 3 N–H and O–H groups in total. The molecule has 0 radical (unpaired) electrons. The number of thiophene rings is 1. The number of nitrogens with zero attached hydrogens (tertiary/aromatic N) is 1. The number of alkyl halides is 3. The Balaban J connectivity index is 1.52. The number of para-hydroxylation sites is 1. The molecule has 0 aliphatic rings. The molecule has 3 aromatic heterocycles. The first-order chi connectivity index (χ1) is 19.4. The maximum Gasteiger partial charge on any atom is 0.433 e. The Kier molecular flexibility index (Phi) is 7.50. The molecule has 0 saturated carbocycles. The average Bonchev–Trinajstić information content (AvgIpc) is 3.53. The van der Waals surface area contributed by atoms with E-state index in [2.05, 4.69) is 10.3 Å². The third-order valence-electron chi connectivity index (χ3n) is 6.19. The Hall–Kier alpha value is -4.35. The van der Waals surface area contributed by atoms with Crippen LogP contribution in [0.15, 0.2) is 65.1 Å². The number of primary amides is 1. The average molecular weight is 600 g/mol. The first kappa shape index (κ1) is 28.2. The Labute approximate surface area is 240 Å². The number of fused-ring (bicyclic) bond motifs is 1. The van der Waals surface area contributed by atoms with Crippen molar-refractivity contribution >= 4 is 50.7 Å². The number of furan rings is 1. The molecule has 0 unspecified atom stereocenters. The van der Waals surface area contributed by atoms with Crippen molar-refractivity contribution in [3.63, 3.8) is 0 Å². The molecule has 12 heteroatoms. The van der Waals surface area contributed by atoms with Crippen LogP contribution in [0.3, 0.4) is 0 Å². The maximum atomic E-state index is 13.7. The van der Waals surface area contributed by atoms with E-state index in [1.54, 1.807) is 36.4 Å². The number of nitrogens with one attached hydrogen (secondary N) is 1. The number of carbonyl (C=O) groups is 2. The fraction of sp³-hybridized carbons (Fsp3) is 0.138. The van der Waals surface area contributed by atoms with Gasteiger partial charge in [0.1, 0.15) is 33.5 Å². The smallest absolute Gasteiger partial charge is 0.433 e. The van der Waals surface area contributed by atoms with Crippen LogP contribution in [0.2, 0.25) is 5.02 Å². The molecule has 210 valence electrons. The molecule has 2 amide bonds. The molecular formula is C29H21ClF3N3O4S. The van der Waals surface area contributed by atoms with Crippen molar-refractivity contribution in [3.8, 4) is 16.9 Å². The van der Waals surface area contributed by atoms with Crippen LogP contribution in [0.25, 0.3) is 21.3 Å². The van der Waals surface area contributed by atoms with Crippen LogP contribution >= 0.6 is 22.9 Å². The minimum absolute atomic E-state index is 0.0204. The number of halogens is 4. The number of aromatic nitrogens is 1. The van der Waals surface area contributed by atoms with Gasteiger partial charge in [-0.2, -0.15) is 13.2 Å². The summed E-state index contributed by atoms with van der Waals surface area (Å²) < 4.78 is 52.6. The van der Waals surface area contributed by atoms with Gasteiger partial charge < -0.3 is 20.2 Å². The Morgan fingerprint density at radius 3 is 2.49 bits per heavy atom. The van der Waals surface area contributed by atoms with E-state index in [-0.39, 0.29) is 38.7 Å². The van der Waals surface area contributed by atoms with Gasteiger partial charge in [-0.25, -0.2) is 4.98 Å². The largest absolute Gasteiger partial charge is 0.484 e. The summed E-state index contributed by atoms with van der Waals surface area (Å²) in [6, 6.07) is 15.9. The molecule has 3 heterocycles. The fourth-order valence-electron chi connectivity index (χ4n) is 4.19. The lowest BCUT2D eigenvalue weighted by Crippen LogP contribution is -2.16. The molecule has 5 aromatic rings. The van der Waals surface area contributed by atoms with Crippen LogP contribution in [0, 0.1) is 13.8 Å². The number of anilines is 1. The molecule has 2 aromatic carbocycles. The van der Waals surface area contributed by atoms with Crippen molar-refractivity contribution in [1.29, 1.82) is 0 Å². The summed E-state index contributed by atoms with van der Waals surface area (Å²) in [5.74, 6) is -1.01. The molecular weight excluding hydrogens is 579 g/mol. The topological polar surface area (TPSA) is 107 Å². The first-order valence-electron chi connectivity index (χ1n) is 12.1. The first-order valence-corrected chi connectivity index (χ1v) is 13.3. The lowest BCUT2D eigenvalue weighted by Gasteiger charge is -2.12. The van der Waals surface area contributed by atoms with Crippen molar-refractivity contribution in [2.24, 2.45) is 5.73 Å². The van der Waals surface area contributed by atoms with Crippen LogP contribution in [0.4, 0.5) is 18.9 Å². The van der Waals surface area contributed by atoms with Gasteiger partial charge in [0.2, 0.25) is 0 Å². The summed E-state index contributed by atoms with van der Waals surface area (Å²) >= 11 is 6.86. The van der Waals surface area contributed by atoms with Crippen LogP contribution in [0.1, 0.15) is 42.8 Å². The van der Waals surface area contributed by atoms with Crippen LogP contribution < -0.4 is 15.8 Å². The summed E-state index contributed by atoms with van der Waals surface area (Å²) in [5, 5.41) is 3.18. The highest BCUT2D eigenvalue weighted by molar-refractivity contribution is 7.21. The number of ether oxygens (including phenoxy) is 1. The van der Waals surface area contributed by atoms with Crippen molar-refractivity contribution in [2.45, 2.75) is 26.6 Å². The number of aryl methyl sites for hydroxylation is 2. The Morgan fingerprint density at radius 1 is 1.10 bits per heavy atom. The van der Waals surface area contributed by atoms with Gasteiger partial charge in [-0.05, 0) is 54.8 Å². The molecule has 0 atom stereocenters. The molecule has 41 heavy (non-hydrogen) atoms. The third-order valence-corrected chi connectivity index (χ3v) is 7.58. The van der Waals surface area contributed by atoms with Crippen molar-refractivity contribution < 1.29 is 31.9 Å². The number of hydrogen-bond donors (Lipinski definition) is 2. The number of rotatable bonds is 7. The van der Waals surface area contributed by atoms with Crippen LogP contribution in [0.5, 0.6) is 5.75 Å². The number of nitrogens with two attached hydrogens (primary N) is 1. The number of carbonyl (C=O) groups excluding carboxylic acids is 2. The summed E-state index contributed by atoms with van der Waals surface area (Å²) in [7, 11) is 0. The minimum atomic E-state index is -4.75. The monoisotopic (exact) mass is 599 g/mol. The van der Waals surface area contributed by atoms with Gasteiger partial charge in [0.25, 0.3) is 11.8 Å². The molecule has 0 aliphatic carbocycles. The molecule has 7 nitrogen and oxygen atoms in total. The van der Waals surface area contributed by atoms with E-state index in [1.807, 2.05) is 19.9 Å². The zero-order valence-corrected chi connectivity index (χ0v) is 23.1. The van der Waals surface area contributed by atoms with E-state index in [0.717, 1.165) is 17.2 Å². The molecule has 5 rings (SSSR count). The van der Waals surface area contributed by atoms with E-state index in [1.165, 1.54) is 12.1 Å². The van der Waals surface area contributed by atoms with Gasteiger partial charge in [0.05, 0.1) is 10.7 Å². The van der Waals surface area contributed by atoms with E-state index in [4.69, 9.17) is 26.5 Å². The molecule has 0 aliphatic heterocycles. The predicted molar refractivity (Wildman–Crippen MR) is 150 cm³/mol. The van der Waals surface area contributed by atoms with E-state index < -0.39 is 23.7 Å². The highest BCUT2D eigenvalue weighted by Crippen LogP contribution is 2.44. The Morgan fingerprint density at radius 2 is 1.83 bits per heavy atom. The van der Waals surface area contributed by atoms with Gasteiger partial charge in [-0.3, -0.25) is 9.59 Å². The highest BCUT2D eigenvalue weighted by Gasteiger charge is 2.35. The van der Waals surface area contributed by atoms with Gasteiger partial charge >= 0.3 is 6.18 Å². The Bertz CT molecular complexity index is 1780. The predicted octanol–water partition coefficient (Wildman–Crippen LogP) is 7.78. The quantitative estimate of drug-likeness (QED) is 0.199. The fourth-order valence-corrected chi connectivity index (χ4v) is 5.48. The van der Waals surface area contributed by atoms with Gasteiger partial charge in [-0.15, -0.1) is 11.3 Å². The van der Waals surface area contributed by atoms with E-state index in [9.17, 15) is 22.8 Å². The SMILES string of the molecule is Cc1ccc(-c2cc(C(F)(F)F)nc3sc(C(N)=O)c(NC(=O)c4ccc(COc5c(C)cccc5Cl)o4)c23)cc1. The zero-order valence-electron chi connectivity index (χ0n) is 21.6. The molecule has 0 saturated heterocycles. The summed E-state index contributed by atoms with van der Waals surface area (Å²) in [6.07, 6.45) is -4.75. The molecule has 0 spiro atoms. The standard InChI is InChI=1S/C29H21ClF3N3O4S/c1-14-6-8-16(9-7-14)18-12-21(29(31,32)33)35-28-22(18)23(25(41-28)26(34)37)36-27(38)20-11-10-17(40-20)13-39-24-15(2)4-3-5-19(24)30/h3-12H,13H2,1-2H3,(H2,34,37)(H,36,38). The van der Waals surface area contributed by atoms with Crippen molar-refractivity contribution in [1.82, 2.24) is 4.98 Å². The molecule has 0 fully saturated rings. The second-order valence-corrected chi connectivity index (χ2v) is 10.6. The number of pyridine rings is 1. The van der Waals surface area contributed by atoms with E-state index in [0.29, 0.717) is 33.4 Å². The second kappa shape index (κ2) is 10.9. The zero-order chi connectivity index (χ0) is 29.5. The normalized spacial score (nSPS) is 11.6. The lowest BCUT2D eigenvalue weighted by molar-refractivity contribution is -0.140. The third kappa shape index (κ3) is 5.77. The minimum Gasteiger partial charge on any atom is -0.484 e. The number of hydrogen-bond acceptors (Lipinski definition) is 6. The van der Waals surface area contributed by atoms with Gasteiger partial charge in [0, 0.05) is 5.39 Å². The van der Waals surface area contributed by atoms with Crippen LogP contribution in [-0.4, -0.2) is 16.8 Å². The summed E-state index contributed by atoms with van der Waals surface area (Å²) in [4.78, 5) is 29.1. The van der Waals surface area contributed by atoms with Crippen molar-refractivity contribution in [2.75, 3.05) is 5.32 Å². The lowest BCUT2D eigenvalue weighted by atomic mass is 10.00. The highest BCUT2D eigenvalue weighted by atomic mass is 35.5. The van der Waals surface area contributed by atoms with Crippen molar-refractivity contribution in [3.05, 3.63) is 98.9 Å².